The van der Waals surface area contributed by atoms with Crippen LogP contribution in [-0.2, 0) is 0 Å². The zero-order chi connectivity index (χ0) is 28.3. The van der Waals surface area contributed by atoms with Crippen LogP contribution in [0.2, 0.25) is 0 Å². The smallest absolute Gasteiger partial charge is 0.235 e. The van der Waals surface area contributed by atoms with Crippen molar-refractivity contribution in [2.45, 2.75) is 0 Å². The Morgan fingerprint density at radius 3 is 1.60 bits per heavy atom. The van der Waals surface area contributed by atoms with Crippen LogP contribution in [-0.4, -0.2) is 14.5 Å². The molecule has 2 aromatic heterocycles. The van der Waals surface area contributed by atoms with Crippen LogP contribution in [0.25, 0.3) is 83.5 Å². The van der Waals surface area contributed by atoms with Gasteiger partial charge in [0.1, 0.15) is 0 Å². The predicted octanol–water partition coefficient (Wildman–Crippen LogP) is 10.2. The van der Waals surface area contributed by atoms with E-state index >= 15 is 0 Å². The second-order valence-corrected chi connectivity index (χ2v) is 11.0. The molecule has 1 aliphatic rings. The van der Waals surface area contributed by atoms with E-state index in [1.54, 1.807) is 0 Å². The lowest BCUT2D eigenvalue weighted by Gasteiger charge is -2.15. The van der Waals surface area contributed by atoms with Crippen LogP contribution in [0.1, 0.15) is 0 Å². The fraction of sp³-hybridized carbons (Fsp3) is 0. The Morgan fingerprint density at radius 2 is 0.953 bits per heavy atom. The number of benzene rings is 6. The average Bonchev–Trinajstić information content (AvgIpc) is 3.41. The van der Waals surface area contributed by atoms with E-state index in [1.807, 2.05) is 12.1 Å². The average molecular weight is 548 g/mol. The van der Waals surface area contributed by atoms with Crippen LogP contribution < -0.4 is 0 Å². The lowest BCUT2D eigenvalue weighted by molar-refractivity contribution is 0.969. The van der Waals surface area contributed by atoms with Crippen LogP contribution >= 0.6 is 0 Å². The highest BCUT2D eigenvalue weighted by Gasteiger charge is 2.26. The molecular weight excluding hydrogens is 522 g/mol. The largest absolute Gasteiger partial charge is 0.285 e. The molecule has 8 aromatic rings. The van der Waals surface area contributed by atoms with Crippen molar-refractivity contribution < 1.29 is 0 Å². The summed E-state index contributed by atoms with van der Waals surface area (Å²) in [6, 6.07) is 51.4. The molecule has 3 nitrogen and oxygen atoms in total. The maximum absolute atomic E-state index is 5.20. The molecule has 0 unspecified atom stereocenters. The summed E-state index contributed by atoms with van der Waals surface area (Å²) in [6.07, 6.45) is 2.25. The molecule has 0 atom stereocenters. The summed E-state index contributed by atoms with van der Waals surface area (Å²) in [7, 11) is 0. The van der Waals surface area contributed by atoms with Gasteiger partial charge in [-0.2, -0.15) is 0 Å². The molecule has 0 saturated carbocycles. The van der Waals surface area contributed by atoms with Gasteiger partial charge < -0.3 is 0 Å². The Balaban J connectivity index is 1.43. The minimum Gasteiger partial charge on any atom is -0.285 e. The minimum absolute atomic E-state index is 0.657. The molecule has 0 aliphatic heterocycles. The summed E-state index contributed by atoms with van der Waals surface area (Å²) >= 11 is 0. The molecule has 0 spiro atoms. The van der Waals surface area contributed by atoms with E-state index in [2.05, 4.69) is 144 Å². The van der Waals surface area contributed by atoms with Crippen molar-refractivity contribution in [2.75, 3.05) is 0 Å². The first-order valence-electron chi connectivity index (χ1n) is 14.6. The van der Waals surface area contributed by atoms with Crippen molar-refractivity contribution in [1.29, 1.82) is 0 Å². The number of nitrogens with zero attached hydrogens (tertiary/aromatic N) is 3. The third kappa shape index (κ3) is 3.68. The SMILES string of the molecule is c1ccc(-c2cc(-c3ccccc3)nc(-n3cc4c5c(c6ccccc6cc53)-c3ccccc3-c3ccccc3-4)n2)cc1. The van der Waals surface area contributed by atoms with E-state index < -0.39 is 0 Å². The van der Waals surface area contributed by atoms with Gasteiger partial charge in [-0.3, -0.25) is 4.57 Å². The van der Waals surface area contributed by atoms with Gasteiger partial charge in [-0.15, -0.1) is 0 Å². The van der Waals surface area contributed by atoms with E-state index in [4.69, 9.17) is 9.97 Å². The Bertz CT molecular complexity index is 2280. The molecule has 2 heterocycles. The summed E-state index contributed by atoms with van der Waals surface area (Å²) in [4.78, 5) is 10.4. The summed E-state index contributed by atoms with van der Waals surface area (Å²) in [5.74, 6) is 0.657. The van der Waals surface area contributed by atoms with Gasteiger partial charge in [-0.05, 0) is 45.2 Å². The van der Waals surface area contributed by atoms with E-state index in [9.17, 15) is 0 Å². The molecule has 0 radical (unpaired) electrons. The van der Waals surface area contributed by atoms with Crippen LogP contribution in [0.3, 0.4) is 0 Å². The zero-order valence-corrected chi connectivity index (χ0v) is 23.3. The fourth-order valence-corrected chi connectivity index (χ4v) is 6.65. The van der Waals surface area contributed by atoms with Crippen molar-refractivity contribution in [1.82, 2.24) is 14.5 Å². The Hall–Kier alpha value is -5.80. The molecular formula is C40H25N3. The summed E-state index contributed by atoms with van der Waals surface area (Å²) in [6.45, 7) is 0. The van der Waals surface area contributed by atoms with Crippen molar-refractivity contribution in [3.8, 4) is 61.8 Å². The highest BCUT2D eigenvalue weighted by Crippen LogP contribution is 2.51. The van der Waals surface area contributed by atoms with Gasteiger partial charge in [0.2, 0.25) is 5.95 Å². The van der Waals surface area contributed by atoms with Gasteiger partial charge in [0.25, 0.3) is 0 Å². The van der Waals surface area contributed by atoms with Crippen molar-refractivity contribution in [3.05, 3.63) is 152 Å². The molecule has 9 rings (SSSR count). The summed E-state index contributed by atoms with van der Waals surface area (Å²) in [5.41, 5.74) is 12.4. The van der Waals surface area contributed by atoms with Crippen LogP contribution in [0.4, 0.5) is 0 Å². The Morgan fingerprint density at radius 1 is 0.442 bits per heavy atom. The molecule has 43 heavy (non-hydrogen) atoms. The Labute approximate surface area is 249 Å². The van der Waals surface area contributed by atoms with Gasteiger partial charge in [-0.25, -0.2) is 9.97 Å². The molecule has 0 amide bonds. The van der Waals surface area contributed by atoms with Gasteiger partial charge in [-0.1, -0.05) is 133 Å². The molecule has 6 aromatic carbocycles. The number of fused-ring (bicyclic) bond motifs is 7. The zero-order valence-electron chi connectivity index (χ0n) is 23.3. The lowest BCUT2D eigenvalue weighted by atomic mass is 9.91. The second-order valence-electron chi connectivity index (χ2n) is 11.0. The predicted molar refractivity (Wildman–Crippen MR) is 177 cm³/mol. The summed E-state index contributed by atoms with van der Waals surface area (Å²) in [5, 5.41) is 3.67. The third-order valence-corrected chi connectivity index (χ3v) is 8.59. The second kappa shape index (κ2) is 9.37. The monoisotopic (exact) mass is 547 g/mol. The van der Waals surface area contributed by atoms with Crippen molar-refractivity contribution in [2.24, 2.45) is 0 Å². The highest BCUT2D eigenvalue weighted by atomic mass is 15.2. The molecule has 200 valence electrons. The maximum Gasteiger partial charge on any atom is 0.235 e. The lowest BCUT2D eigenvalue weighted by Crippen LogP contribution is -2.03. The topological polar surface area (TPSA) is 30.7 Å². The standard InChI is InChI=1S/C40H25N3/c1-3-13-26(14-4-1)35-24-36(27-15-5-2-6-16-27)42-40(41-35)43-25-34-32-21-10-9-19-30(32)31-20-11-12-22-33(31)38-29-18-8-7-17-28(29)23-37(43)39(34)38/h1-25H. The fourth-order valence-electron chi connectivity index (χ4n) is 6.65. The molecule has 0 saturated heterocycles. The van der Waals surface area contributed by atoms with E-state index in [1.165, 1.54) is 49.5 Å². The van der Waals surface area contributed by atoms with Gasteiger partial charge >= 0.3 is 0 Å². The van der Waals surface area contributed by atoms with Crippen LogP contribution in [0, 0.1) is 0 Å². The van der Waals surface area contributed by atoms with Crippen LogP contribution in [0.15, 0.2) is 152 Å². The maximum atomic E-state index is 5.20. The molecule has 3 heteroatoms. The highest BCUT2D eigenvalue weighted by molar-refractivity contribution is 6.21. The quantitative estimate of drug-likeness (QED) is 0.220. The third-order valence-electron chi connectivity index (χ3n) is 8.59. The molecule has 0 N–H and O–H groups in total. The number of rotatable bonds is 3. The minimum atomic E-state index is 0.657. The molecule has 0 fully saturated rings. The molecule has 0 bridgehead atoms. The van der Waals surface area contributed by atoms with E-state index in [0.29, 0.717) is 5.95 Å². The normalized spacial score (nSPS) is 11.7. The summed E-state index contributed by atoms with van der Waals surface area (Å²) < 4.78 is 2.20. The molecule has 1 aliphatic carbocycles. The number of hydrogen-bond donors (Lipinski definition) is 0. The van der Waals surface area contributed by atoms with E-state index in [-0.39, 0.29) is 0 Å². The van der Waals surface area contributed by atoms with Gasteiger partial charge in [0, 0.05) is 33.8 Å². The first kappa shape index (κ1) is 23.9. The first-order valence-corrected chi connectivity index (χ1v) is 14.6. The van der Waals surface area contributed by atoms with Gasteiger partial charge in [0.15, 0.2) is 0 Å². The Kier molecular flexibility index (Phi) is 5.20. The first-order chi connectivity index (χ1) is 21.3. The van der Waals surface area contributed by atoms with E-state index in [0.717, 1.165) is 28.0 Å². The van der Waals surface area contributed by atoms with Crippen LogP contribution in [0.5, 0.6) is 0 Å². The van der Waals surface area contributed by atoms with Crippen molar-refractivity contribution in [3.63, 3.8) is 0 Å². The number of hydrogen-bond acceptors (Lipinski definition) is 2. The van der Waals surface area contributed by atoms with Crippen molar-refractivity contribution >= 4 is 21.7 Å². The van der Waals surface area contributed by atoms with Gasteiger partial charge in [0.05, 0.1) is 16.9 Å². The number of aromatic nitrogens is 3.